The van der Waals surface area contributed by atoms with Crippen molar-refractivity contribution in [3.8, 4) is 0 Å². The Balaban J connectivity index is 1.87. The van der Waals surface area contributed by atoms with Crippen LogP contribution in [-0.2, 0) is 16.1 Å². The van der Waals surface area contributed by atoms with Crippen molar-refractivity contribution in [2.24, 2.45) is 0 Å². The summed E-state index contributed by atoms with van der Waals surface area (Å²) in [7, 11) is 0. The van der Waals surface area contributed by atoms with Crippen LogP contribution < -0.4 is 5.32 Å². The Morgan fingerprint density at radius 3 is 2.68 bits per heavy atom. The number of carbonyl (C=O) groups excluding carboxylic acids is 2. The number of amides is 1. The molecule has 5 nitrogen and oxygen atoms in total. The molecule has 0 bridgehead atoms. The molecule has 0 radical (unpaired) electrons. The van der Waals surface area contributed by atoms with Gasteiger partial charge in [-0.25, -0.2) is 14.2 Å². The molecule has 0 aliphatic carbocycles. The second kappa shape index (κ2) is 9.07. The van der Waals surface area contributed by atoms with Gasteiger partial charge in [-0.2, -0.15) is 8.78 Å². The molecule has 0 spiro atoms. The first kappa shape index (κ1) is 18.8. The largest absolute Gasteiger partial charge is 0.452 e. The molecule has 1 aromatic heterocycles. The molecule has 25 heavy (non-hydrogen) atoms. The predicted octanol–water partition coefficient (Wildman–Crippen LogP) is 3.01. The molecule has 1 aromatic carbocycles. The van der Waals surface area contributed by atoms with Crippen molar-refractivity contribution >= 4 is 23.6 Å². The number of nitrogens with one attached hydrogen (secondary N) is 1. The monoisotopic (exact) mass is 370 g/mol. The van der Waals surface area contributed by atoms with Crippen LogP contribution in [0.5, 0.6) is 0 Å². The highest BCUT2D eigenvalue weighted by molar-refractivity contribution is 7.99. The highest BCUT2D eigenvalue weighted by Gasteiger charge is 2.18. The normalized spacial score (nSPS) is 10.6. The van der Waals surface area contributed by atoms with E-state index in [0.717, 1.165) is 0 Å². The summed E-state index contributed by atoms with van der Waals surface area (Å²) in [5, 5.41) is 2.21. The number of hydrogen-bond donors (Lipinski definition) is 1. The first-order chi connectivity index (χ1) is 12.0. The topological polar surface area (TPSA) is 68.3 Å². The van der Waals surface area contributed by atoms with Crippen LogP contribution in [0.25, 0.3) is 0 Å². The number of halogens is 3. The van der Waals surface area contributed by atoms with Crippen LogP contribution in [0.3, 0.4) is 0 Å². The average Bonchev–Trinajstić information content (AvgIpc) is 2.59. The number of carbonyl (C=O) groups is 2. The van der Waals surface area contributed by atoms with E-state index in [9.17, 15) is 22.8 Å². The van der Waals surface area contributed by atoms with Crippen molar-refractivity contribution in [3.05, 3.63) is 59.5 Å². The Morgan fingerprint density at radius 2 is 1.96 bits per heavy atom. The minimum atomic E-state index is -2.74. The minimum absolute atomic E-state index is 0.0670. The summed E-state index contributed by atoms with van der Waals surface area (Å²) in [5.74, 6) is -4.81. The summed E-state index contributed by atoms with van der Waals surface area (Å²) in [4.78, 5) is 27.3. The Kier molecular flexibility index (Phi) is 6.81. The molecule has 0 atom stereocenters. The van der Waals surface area contributed by atoms with Crippen molar-refractivity contribution < 1.29 is 27.5 Å². The number of ether oxygens (including phenoxy) is 1. The van der Waals surface area contributed by atoms with Gasteiger partial charge in [0.1, 0.15) is 10.8 Å². The van der Waals surface area contributed by atoms with Crippen LogP contribution in [0.15, 0.2) is 47.6 Å². The number of esters is 1. The number of nitrogens with zero attached hydrogens (tertiary/aromatic N) is 1. The van der Waals surface area contributed by atoms with Crippen LogP contribution in [0, 0.1) is 5.82 Å². The molecule has 0 aliphatic rings. The summed E-state index contributed by atoms with van der Waals surface area (Å²) < 4.78 is 43.1. The molecule has 2 aromatic rings. The van der Waals surface area contributed by atoms with Crippen molar-refractivity contribution in [3.63, 3.8) is 0 Å². The smallest absolute Gasteiger partial charge is 0.341 e. The van der Waals surface area contributed by atoms with Crippen LogP contribution in [0.2, 0.25) is 0 Å². The van der Waals surface area contributed by atoms with E-state index in [4.69, 9.17) is 4.74 Å². The number of thioether (sulfide) groups is 1. The highest BCUT2D eigenvalue weighted by atomic mass is 32.2. The van der Waals surface area contributed by atoms with Gasteiger partial charge >= 0.3 is 5.97 Å². The van der Waals surface area contributed by atoms with Gasteiger partial charge in [-0.1, -0.05) is 18.2 Å². The lowest BCUT2D eigenvalue weighted by Crippen LogP contribution is -2.28. The van der Waals surface area contributed by atoms with Crippen molar-refractivity contribution in [1.29, 1.82) is 0 Å². The van der Waals surface area contributed by atoms with E-state index in [0.29, 0.717) is 0 Å². The van der Waals surface area contributed by atoms with Gasteiger partial charge < -0.3 is 10.1 Å². The van der Waals surface area contributed by atoms with E-state index >= 15 is 0 Å². The van der Waals surface area contributed by atoms with Gasteiger partial charge in [0.15, 0.2) is 6.61 Å². The Hall–Kier alpha value is -2.55. The summed E-state index contributed by atoms with van der Waals surface area (Å²) in [6.45, 7) is -0.691. The molecule has 2 rings (SSSR count). The van der Waals surface area contributed by atoms with E-state index in [2.05, 4.69) is 10.3 Å². The first-order valence-electron chi connectivity index (χ1n) is 7.04. The lowest BCUT2D eigenvalue weighted by Gasteiger charge is -2.09. The van der Waals surface area contributed by atoms with Gasteiger partial charge in [0.25, 0.3) is 11.7 Å². The lowest BCUT2D eigenvalue weighted by molar-refractivity contribution is -0.124. The molecular formula is C16H13F3N2O3S. The molecule has 9 heteroatoms. The molecule has 132 valence electrons. The van der Waals surface area contributed by atoms with Crippen molar-refractivity contribution in [2.75, 3.05) is 6.61 Å². The maximum Gasteiger partial charge on any atom is 0.341 e. The Morgan fingerprint density at radius 1 is 1.20 bits per heavy atom. The molecule has 0 saturated carbocycles. The standard InChI is InChI=1S/C16H13F3N2O3S/c17-12-6-2-1-4-10(12)8-21-13(22)9-24-15(23)11-5-3-7-20-14(11)25-16(18)19/h1-7,16H,8-9H2,(H,21,22). The molecule has 0 unspecified atom stereocenters. The van der Waals surface area contributed by atoms with Gasteiger partial charge in [-0.05, 0) is 30.0 Å². The first-order valence-corrected chi connectivity index (χ1v) is 7.92. The fourth-order valence-electron chi connectivity index (χ4n) is 1.82. The lowest BCUT2D eigenvalue weighted by atomic mass is 10.2. The predicted molar refractivity (Wildman–Crippen MR) is 84.6 cm³/mol. The minimum Gasteiger partial charge on any atom is -0.452 e. The number of aromatic nitrogens is 1. The summed E-state index contributed by atoms with van der Waals surface area (Å²) in [6.07, 6.45) is 1.27. The molecule has 1 amide bonds. The third kappa shape index (κ3) is 5.79. The quantitative estimate of drug-likeness (QED) is 0.599. The molecule has 1 N–H and O–H groups in total. The third-order valence-corrected chi connectivity index (χ3v) is 3.69. The van der Waals surface area contributed by atoms with Crippen LogP contribution >= 0.6 is 11.8 Å². The van der Waals surface area contributed by atoms with Gasteiger partial charge in [0.05, 0.1) is 5.56 Å². The van der Waals surface area contributed by atoms with E-state index in [-0.39, 0.29) is 34.5 Å². The SMILES string of the molecule is O=C(COC(=O)c1cccnc1SC(F)F)NCc1ccccc1F. The maximum absolute atomic E-state index is 13.4. The summed E-state index contributed by atoms with van der Waals surface area (Å²) >= 11 is 0.109. The van der Waals surface area contributed by atoms with Crippen LogP contribution in [0.1, 0.15) is 15.9 Å². The number of rotatable bonds is 7. The highest BCUT2D eigenvalue weighted by Crippen LogP contribution is 2.26. The third-order valence-electron chi connectivity index (χ3n) is 2.96. The Labute approximate surface area is 145 Å². The van der Waals surface area contributed by atoms with Crippen molar-refractivity contribution in [2.45, 2.75) is 17.3 Å². The molecule has 0 aliphatic heterocycles. The molecular weight excluding hydrogens is 357 g/mol. The van der Waals surface area contributed by atoms with Crippen LogP contribution in [-0.4, -0.2) is 29.2 Å². The number of pyridine rings is 1. The average molecular weight is 370 g/mol. The zero-order valence-corrected chi connectivity index (χ0v) is 13.6. The number of hydrogen-bond acceptors (Lipinski definition) is 5. The fraction of sp³-hybridized carbons (Fsp3) is 0.188. The van der Waals surface area contributed by atoms with E-state index in [1.807, 2.05) is 0 Å². The molecule has 0 saturated heterocycles. The van der Waals surface area contributed by atoms with Gasteiger partial charge in [-0.15, -0.1) is 0 Å². The second-order valence-electron chi connectivity index (χ2n) is 4.68. The van der Waals surface area contributed by atoms with Gasteiger partial charge in [-0.3, -0.25) is 4.79 Å². The fourth-order valence-corrected chi connectivity index (χ4v) is 2.39. The summed E-state index contributed by atoms with van der Waals surface area (Å²) in [5.41, 5.74) is 0.125. The molecule has 0 fully saturated rings. The zero-order chi connectivity index (χ0) is 18.2. The maximum atomic E-state index is 13.4. The number of alkyl halides is 2. The van der Waals surface area contributed by atoms with Gasteiger partial charge in [0, 0.05) is 18.3 Å². The zero-order valence-electron chi connectivity index (χ0n) is 12.7. The van der Waals surface area contributed by atoms with Gasteiger partial charge in [0.2, 0.25) is 0 Å². The molecule has 1 heterocycles. The second-order valence-corrected chi connectivity index (χ2v) is 5.66. The Bertz CT molecular complexity index is 759. The van der Waals surface area contributed by atoms with Crippen LogP contribution in [0.4, 0.5) is 13.2 Å². The van der Waals surface area contributed by atoms with Crippen molar-refractivity contribution in [1.82, 2.24) is 10.3 Å². The summed E-state index contributed by atoms with van der Waals surface area (Å²) in [6, 6.07) is 8.57. The van der Waals surface area contributed by atoms with E-state index in [1.165, 1.54) is 36.5 Å². The van der Waals surface area contributed by atoms with E-state index in [1.54, 1.807) is 6.07 Å². The number of benzene rings is 1. The van der Waals surface area contributed by atoms with E-state index < -0.39 is 30.1 Å².